The topological polar surface area (TPSA) is 18.5 Å². The molecule has 1 aromatic rings. The molecule has 28 heavy (non-hydrogen) atoms. The molecule has 0 aliphatic heterocycles. The third kappa shape index (κ3) is 5.15. The van der Waals surface area contributed by atoms with Crippen molar-refractivity contribution in [2.75, 3.05) is 0 Å². The number of hydrogen-bond acceptors (Lipinski definition) is 2. The van der Waals surface area contributed by atoms with Gasteiger partial charge < -0.3 is 8.85 Å². The van der Waals surface area contributed by atoms with E-state index in [9.17, 15) is 0 Å². The summed E-state index contributed by atoms with van der Waals surface area (Å²) in [6, 6.07) is 10.6. The molecule has 0 saturated carbocycles. The van der Waals surface area contributed by atoms with Crippen LogP contribution >= 0.6 is 0 Å². The van der Waals surface area contributed by atoms with Crippen molar-refractivity contribution < 1.29 is 8.85 Å². The SMILES string of the molecule is CC(C)(C)[Si](C)(C)OC1(O[Si](C)(C)C(C)(C)C)C=CC(c2ccccc2)=CC1. The van der Waals surface area contributed by atoms with Gasteiger partial charge in [-0.05, 0) is 53.5 Å². The Kier molecular flexibility index (Phi) is 6.43. The van der Waals surface area contributed by atoms with Gasteiger partial charge in [0, 0.05) is 6.42 Å². The molecule has 0 heterocycles. The van der Waals surface area contributed by atoms with Gasteiger partial charge in [-0.25, -0.2) is 0 Å². The Morgan fingerprint density at radius 1 is 0.786 bits per heavy atom. The molecule has 2 nitrogen and oxygen atoms in total. The van der Waals surface area contributed by atoms with E-state index in [1.807, 2.05) is 0 Å². The standard InChI is InChI=1S/C24H40O2Si2/c1-22(2,3)27(7,8)25-24(26-28(9,10)23(4,5)6)18-16-21(17-19-24)20-14-12-11-13-15-20/h11-18H,19H2,1-10H3. The molecule has 2 rings (SSSR count). The molecule has 0 spiro atoms. The monoisotopic (exact) mass is 416 g/mol. The average molecular weight is 417 g/mol. The van der Waals surface area contributed by atoms with E-state index in [1.165, 1.54) is 11.1 Å². The van der Waals surface area contributed by atoms with Crippen LogP contribution in [0.2, 0.25) is 36.3 Å². The Bertz CT molecular complexity index is 704. The van der Waals surface area contributed by atoms with Gasteiger partial charge in [-0.15, -0.1) is 0 Å². The molecule has 0 radical (unpaired) electrons. The van der Waals surface area contributed by atoms with Gasteiger partial charge in [0.25, 0.3) is 0 Å². The van der Waals surface area contributed by atoms with E-state index < -0.39 is 22.4 Å². The minimum absolute atomic E-state index is 0.133. The fourth-order valence-corrected chi connectivity index (χ4v) is 5.60. The summed E-state index contributed by atoms with van der Waals surface area (Å²) in [7, 11) is -4.02. The van der Waals surface area contributed by atoms with Crippen molar-refractivity contribution in [3.8, 4) is 0 Å². The highest BCUT2D eigenvalue weighted by Gasteiger charge is 2.49. The summed E-state index contributed by atoms with van der Waals surface area (Å²) in [6.07, 6.45) is 7.43. The van der Waals surface area contributed by atoms with Crippen LogP contribution in [0, 0.1) is 0 Å². The molecule has 0 amide bonds. The predicted molar refractivity (Wildman–Crippen MR) is 127 cm³/mol. The van der Waals surface area contributed by atoms with Crippen molar-refractivity contribution in [1.82, 2.24) is 0 Å². The van der Waals surface area contributed by atoms with Gasteiger partial charge in [0.15, 0.2) is 22.4 Å². The summed E-state index contributed by atoms with van der Waals surface area (Å²) < 4.78 is 13.9. The maximum Gasteiger partial charge on any atom is 0.196 e. The molecular formula is C24H40O2Si2. The van der Waals surface area contributed by atoms with Gasteiger partial charge >= 0.3 is 0 Å². The van der Waals surface area contributed by atoms with Crippen molar-refractivity contribution in [3.63, 3.8) is 0 Å². The molecule has 0 atom stereocenters. The largest absolute Gasteiger partial charge is 0.387 e. The minimum Gasteiger partial charge on any atom is -0.387 e. The van der Waals surface area contributed by atoms with Crippen LogP contribution in [0.15, 0.2) is 48.6 Å². The summed E-state index contributed by atoms with van der Waals surface area (Å²) >= 11 is 0. The molecule has 156 valence electrons. The van der Waals surface area contributed by atoms with Crippen molar-refractivity contribution >= 4 is 22.2 Å². The lowest BCUT2D eigenvalue weighted by Gasteiger charge is -2.50. The Hall–Kier alpha value is -0.946. The van der Waals surface area contributed by atoms with E-state index in [1.54, 1.807) is 0 Å². The summed E-state index contributed by atoms with van der Waals surface area (Å²) in [5.74, 6) is -0.662. The first kappa shape index (κ1) is 23.3. The maximum absolute atomic E-state index is 6.97. The zero-order chi connectivity index (χ0) is 21.4. The molecule has 4 heteroatoms. The van der Waals surface area contributed by atoms with Crippen LogP contribution in [0.1, 0.15) is 53.5 Å². The molecule has 0 N–H and O–H groups in total. The van der Waals surface area contributed by atoms with E-state index in [0.717, 1.165) is 6.42 Å². The van der Waals surface area contributed by atoms with Gasteiger partial charge in [0.2, 0.25) is 0 Å². The van der Waals surface area contributed by atoms with Crippen LogP contribution < -0.4 is 0 Å². The van der Waals surface area contributed by atoms with E-state index in [4.69, 9.17) is 8.85 Å². The first-order valence-electron chi connectivity index (χ1n) is 10.4. The molecule has 1 aliphatic carbocycles. The number of hydrogen-bond donors (Lipinski definition) is 0. The Labute approximate surface area is 175 Å². The van der Waals surface area contributed by atoms with Crippen LogP contribution in [0.4, 0.5) is 0 Å². The lowest BCUT2D eigenvalue weighted by Crippen LogP contribution is -2.56. The fourth-order valence-electron chi connectivity index (χ4n) is 2.79. The third-order valence-corrected chi connectivity index (χ3v) is 15.6. The van der Waals surface area contributed by atoms with Crippen molar-refractivity contribution in [2.24, 2.45) is 0 Å². The zero-order valence-corrected chi connectivity index (χ0v) is 21.6. The summed E-state index contributed by atoms with van der Waals surface area (Å²) in [5.41, 5.74) is 2.49. The second-order valence-corrected chi connectivity index (χ2v) is 20.5. The van der Waals surface area contributed by atoms with Crippen LogP contribution in [0.3, 0.4) is 0 Å². The van der Waals surface area contributed by atoms with Crippen molar-refractivity contribution in [2.45, 2.75) is 90.0 Å². The summed E-state index contributed by atoms with van der Waals surface area (Å²) in [6.45, 7) is 23.0. The van der Waals surface area contributed by atoms with Gasteiger partial charge in [0.1, 0.15) is 0 Å². The fraction of sp³-hybridized carbons (Fsp3) is 0.583. The molecule has 0 unspecified atom stereocenters. The zero-order valence-electron chi connectivity index (χ0n) is 19.6. The van der Waals surface area contributed by atoms with Crippen LogP contribution in [0.5, 0.6) is 0 Å². The van der Waals surface area contributed by atoms with Crippen LogP contribution in [-0.4, -0.2) is 22.4 Å². The van der Waals surface area contributed by atoms with Gasteiger partial charge in [-0.3, -0.25) is 0 Å². The van der Waals surface area contributed by atoms with Crippen molar-refractivity contribution in [1.29, 1.82) is 0 Å². The number of benzene rings is 1. The molecule has 1 aromatic carbocycles. The van der Waals surface area contributed by atoms with Gasteiger partial charge in [-0.2, -0.15) is 0 Å². The molecular weight excluding hydrogens is 376 g/mol. The second-order valence-electron chi connectivity index (χ2n) is 11.1. The number of allylic oxidation sites excluding steroid dienone is 2. The molecule has 0 aromatic heterocycles. The Morgan fingerprint density at radius 2 is 1.25 bits per heavy atom. The highest BCUT2D eigenvalue weighted by Crippen LogP contribution is 2.46. The lowest BCUT2D eigenvalue weighted by atomic mass is 9.97. The quantitative estimate of drug-likeness (QED) is 0.360. The van der Waals surface area contributed by atoms with Gasteiger partial charge in [-0.1, -0.05) is 84.0 Å². The predicted octanol–water partition coefficient (Wildman–Crippen LogP) is 7.77. The maximum atomic E-state index is 6.97. The van der Waals surface area contributed by atoms with E-state index in [2.05, 4.69) is 116 Å². The smallest absolute Gasteiger partial charge is 0.196 e. The van der Waals surface area contributed by atoms with E-state index >= 15 is 0 Å². The lowest BCUT2D eigenvalue weighted by molar-refractivity contribution is -0.0893. The van der Waals surface area contributed by atoms with Gasteiger partial charge in [0.05, 0.1) is 0 Å². The van der Waals surface area contributed by atoms with E-state index in [0.29, 0.717) is 0 Å². The van der Waals surface area contributed by atoms with Crippen molar-refractivity contribution in [3.05, 3.63) is 54.1 Å². The van der Waals surface area contributed by atoms with E-state index in [-0.39, 0.29) is 10.1 Å². The first-order chi connectivity index (χ1) is 12.6. The summed E-state index contributed by atoms with van der Waals surface area (Å²) in [4.78, 5) is 0. The Morgan fingerprint density at radius 3 is 1.61 bits per heavy atom. The Balaban J connectivity index is 2.40. The normalized spacial score (nSPS) is 18.1. The average Bonchev–Trinajstić information content (AvgIpc) is 2.53. The molecule has 0 fully saturated rings. The number of rotatable bonds is 5. The molecule has 1 aliphatic rings. The molecule has 0 bridgehead atoms. The third-order valence-electron chi connectivity index (χ3n) is 6.70. The minimum atomic E-state index is -2.01. The first-order valence-corrected chi connectivity index (χ1v) is 16.3. The van der Waals surface area contributed by atoms with Crippen LogP contribution in [-0.2, 0) is 8.85 Å². The highest BCUT2D eigenvalue weighted by molar-refractivity contribution is 6.75. The second kappa shape index (κ2) is 7.71. The highest BCUT2D eigenvalue weighted by atomic mass is 28.4. The summed E-state index contributed by atoms with van der Waals surface area (Å²) in [5, 5.41) is 0.266. The molecule has 0 saturated heterocycles. The van der Waals surface area contributed by atoms with Crippen LogP contribution in [0.25, 0.3) is 5.57 Å².